The first-order valence-electron chi connectivity index (χ1n) is 6.60. The summed E-state index contributed by atoms with van der Waals surface area (Å²) in [5.74, 6) is 0.563. The summed E-state index contributed by atoms with van der Waals surface area (Å²) in [6, 6.07) is 7.32. The summed E-state index contributed by atoms with van der Waals surface area (Å²) in [5, 5.41) is 14.5. The van der Waals surface area contributed by atoms with E-state index >= 15 is 0 Å². The van der Waals surface area contributed by atoms with Crippen molar-refractivity contribution in [2.24, 2.45) is 0 Å². The molecule has 0 spiro atoms. The molecular weight excluding hydrogens is 254 g/mol. The van der Waals surface area contributed by atoms with Crippen LogP contribution in [0.25, 0.3) is 11.4 Å². The summed E-state index contributed by atoms with van der Waals surface area (Å²) >= 11 is 0. The predicted octanol–water partition coefficient (Wildman–Crippen LogP) is 1.89. The number of aryl methyl sites for hydroxylation is 1. The van der Waals surface area contributed by atoms with Crippen LogP contribution >= 0.6 is 0 Å². The van der Waals surface area contributed by atoms with E-state index in [1.807, 2.05) is 39.8 Å². The molecule has 0 fully saturated rings. The van der Waals surface area contributed by atoms with E-state index in [9.17, 15) is 4.79 Å². The lowest BCUT2D eigenvalue weighted by Gasteiger charge is -2.20. The molecule has 0 saturated heterocycles. The molecule has 0 aliphatic carbocycles. The van der Waals surface area contributed by atoms with Gasteiger partial charge >= 0.3 is 0 Å². The highest BCUT2D eigenvalue weighted by Crippen LogP contribution is 2.17. The Bertz CT molecular complexity index is 612. The van der Waals surface area contributed by atoms with Crippen molar-refractivity contribution in [3.63, 3.8) is 0 Å². The van der Waals surface area contributed by atoms with Crippen LogP contribution in [0, 0.1) is 0 Å². The fourth-order valence-electron chi connectivity index (χ4n) is 1.84. The number of amides is 1. The molecule has 1 N–H and O–H groups in total. The van der Waals surface area contributed by atoms with E-state index in [4.69, 9.17) is 0 Å². The minimum atomic E-state index is -0.266. The second-order valence-electron chi connectivity index (χ2n) is 5.60. The molecule has 0 aliphatic rings. The lowest BCUT2D eigenvalue weighted by molar-refractivity contribution is 0.0919. The zero-order chi connectivity index (χ0) is 14.8. The molecule has 2 aromatic rings. The van der Waals surface area contributed by atoms with Crippen molar-refractivity contribution in [1.29, 1.82) is 0 Å². The van der Waals surface area contributed by atoms with Gasteiger partial charge in [0, 0.05) is 23.2 Å². The molecule has 0 radical (unpaired) electrons. The van der Waals surface area contributed by atoms with Gasteiger partial charge in [-0.15, -0.1) is 5.10 Å². The molecule has 1 heterocycles. The van der Waals surface area contributed by atoms with Crippen LogP contribution in [-0.2, 0) is 6.54 Å². The number of nitrogens with one attached hydrogen (secondary N) is 1. The monoisotopic (exact) mass is 273 g/mol. The zero-order valence-corrected chi connectivity index (χ0v) is 12.2. The largest absolute Gasteiger partial charge is 0.347 e. The topological polar surface area (TPSA) is 72.7 Å². The number of hydrogen-bond acceptors (Lipinski definition) is 4. The second kappa shape index (κ2) is 5.40. The molecule has 106 valence electrons. The number of tetrazole rings is 1. The molecular formula is C14H19N5O. The van der Waals surface area contributed by atoms with Crippen molar-refractivity contribution in [2.45, 2.75) is 39.8 Å². The number of carbonyl (C=O) groups excluding carboxylic acids is 1. The van der Waals surface area contributed by atoms with Gasteiger partial charge in [0.15, 0.2) is 5.82 Å². The highest BCUT2D eigenvalue weighted by Gasteiger charge is 2.16. The van der Waals surface area contributed by atoms with E-state index in [-0.39, 0.29) is 11.4 Å². The van der Waals surface area contributed by atoms with Gasteiger partial charge in [-0.25, -0.2) is 4.68 Å². The maximum Gasteiger partial charge on any atom is 0.251 e. The fourth-order valence-corrected chi connectivity index (χ4v) is 1.84. The molecule has 1 aromatic heterocycles. The third-order valence-electron chi connectivity index (χ3n) is 2.70. The van der Waals surface area contributed by atoms with Gasteiger partial charge in [-0.1, -0.05) is 12.1 Å². The van der Waals surface area contributed by atoms with Gasteiger partial charge in [-0.2, -0.15) is 0 Å². The lowest BCUT2D eigenvalue weighted by Crippen LogP contribution is -2.40. The normalized spacial score (nSPS) is 11.4. The molecule has 0 atom stereocenters. The first-order valence-corrected chi connectivity index (χ1v) is 6.60. The Hall–Kier alpha value is -2.24. The Morgan fingerprint density at radius 2 is 2.10 bits per heavy atom. The number of rotatable bonds is 3. The molecule has 0 unspecified atom stereocenters. The van der Waals surface area contributed by atoms with E-state index < -0.39 is 0 Å². The molecule has 6 heteroatoms. The Balaban J connectivity index is 2.31. The van der Waals surface area contributed by atoms with Crippen LogP contribution in [0.5, 0.6) is 0 Å². The van der Waals surface area contributed by atoms with Gasteiger partial charge in [0.1, 0.15) is 0 Å². The summed E-state index contributed by atoms with van der Waals surface area (Å²) < 4.78 is 1.70. The van der Waals surface area contributed by atoms with Crippen LogP contribution in [0.2, 0.25) is 0 Å². The van der Waals surface area contributed by atoms with E-state index in [0.717, 1.165) is 5.56 Å². The van der Waals surface area contributed by atoms with Crippen LogP contribution in [0.4, 0.5) is 0 Å². The molecule has 0 bridgehead atoms. The van der Waals surface area contributed by atoms with Gasteiger partial charge in [0.25, 0.3) is 5.91 Å². The Morgan fingerprint density at radius 3 is 2.75 bits per heavy atom. The maximum absolute atomic E-state index is 12.2. The quantitative estimate of drug-likeness (QED) is 0.926. The summed E-state index contributed by atoms with van der Waals surface area (Å²) in [7, 11) is 0. The molecule has 2 rings (SSSR count). The van der Waals surface area contributed by atoms with Crippen molar-refractivity contribution in [3.8, 4) is 11.4 Å². The van der Waals surface area contributed by atoms with Gasteiger partial charge in [-0.05, 0) is 50.3 Å². The van der Waals surface area contributed by atoms with Crippen LogP contribution in [0.15, 0.2) is 24.3 Å². The number of benzene rings is 1. The van der Waals surface area contributed by atoms with Gasteiger partial charge in [-0.3, -0.25) is 4.79 Å². The molecule has 0 saturated carbocycles. The summed E-state index contributed by atoms with van der Waals surface area (Å²) in [6.45, 7) is 8.50. The average molecular weight is 273 g/mol. The molecule has 0 aliphatic heterocycles. The average Bonchev–Trinajstić information content (AvgIpc) is 2.85. The fraction of sp³-hybridized carbons (Fsp3) is 0.429. The van der Waals surface area contributed by atoms with E-state index in [1.165, 1.54) is 0 Å². The first kappa shape index (κ1) is 14.2. The van der Waals surface area contributed by atoms with Crippen LogP contribution in [0.3, 0.4) is 0 Å². The number of carbonyl (C=O) groups is 1. The Kier molecular flexibility index (Phi) is 3.83. The third-order valence-corrected chi connectivity index (χ3v) is 2.70. The van der Waals surface area contributed by atoms with Crippen LogP contribution in [0.1, 0.15) is 38.1 Å². The second-order valence-corrected chi connectivity index (χ2v) is 5.60. The maximum atomic E-state index is 12.2. The SMILES string of the molecule is CCn1nnnc1-c1cccc(C(=O)NC(C)(C)C)c1. The highest BCUT2D eigenvalue weighted by molar-refractivity contribution is 5.95. The number of aromatic nitrogens is 4. The number of hydrogen-bond donors (Lipinski definition) is 1. The smallest absolute Gasteiger partial charge is 0.251 e. The number of nitrogens with zero attached hydrogens (tertiary/aromatic N) is 4. The minimum absolute atomic E-state index is 0.102. The van der Waals surface area contributed by atoms with Crippen molar-refractivity contribution in [2.75, 3.05) is 0 Å². The van der Waals surface area contributed by atoms with Crippen molar-refractivity contribution in [3.05, 3.63) is 29.8 Å². The minimum Gasteiger partial charge on any atom is -0.347 e. The van der Waals surface area contributed by atoms with Crippen molar-refractivity contribution >= 4 is 5.91 Å². The van der Waals surface area contributed by atoms with Gasteiger partial charge in [0.05, 0.1) is 0 Å². The standard InChI is InChI=1S/C14H19N5O/c1-5-19-12(16-17-18-19)10-7-6-8-11(9-10)13(20)15-14(2,3)4/h6-9H,5H2,1-4H3,(H,15,20). The predicted molar refractivity (Wildman–Crippen MR) is 76.1 cm³/mol. The summed E-state index contributed by atoms with van der Waals surface area (Å²) in [5.41, 5.74) is 1.17. The highest BCUT2D eigenvalue weighted by atomic mass is 16.1. The lowest BCUT2D eigenvalue weighted by atomic mass is 10.1. The third kappa shape index (κ3) is 3.20. The molecule has 6 nitrogen and oxygen atoms in total. The van der Waals surface area contributed by atoms with Crippen LogP contribution in [-0.4, -0.2) is 31.7 Å². The Labute approximate surface area is 118 Å². The Morgan fingerprint density at radius 1 is 1.35 bits per heavy atom. The molecule has 1 amide bonds. The van der Waals surface area contributed by atoms with Gasteiger partial charge < -0.3 is 5.32 Å². The van der Waals surface area contributed by atoms with Crippen LogP contribution < -0.4 is 5.32 Å². The van der Waals surface area contributed by atoms with E-state index in [1.54, 1.807) is 16.8 Å². The summed E-state index contributed by atoms with van der Waals surface area (Å²) in [4.78, 5) is 12.2. The van der Waals surface area contributed by atoms with Crippen molar-refractivity contribution < 1.29 is 4.79 Å². The van der Waals surface area contributed by atoms with Crippen molar-refractivity contribution in [1.82, 2.24) is 25.5 Å². The first-order chi connectivity index (χ1) is 9.40. The van der Waals surface area contributed by atoms with E-state index in [2.05, 4.69) is 20.8 Å². The van der Waals surface area contributed by atoms with E-state index in [0.29, 0.717) is 17.9 Å². The molecule has 20 heavy (non-hydrogen) atoms. The van der Waals surface area contributed by atoms with Gasteiger partial charge in [0.2, 0.25) is 0 Å². The zero-order valence-electron chi connectivity index (χ0n) is 12.2. The summed E-state index contributed by atoms with van der Waals surface area (Å²) in [6.07, 6.45) is 0. The molecule has 1 aromatic carbocycles.